The van der Waals surface area contributed by atoms with E-state index in [1.165, 1.54) is 18.2 Å². The van der Waals surface area contributed by atoms with Crippen molar-refractivity contribution in [2.24, 2.45) is 0 Å². The quantitative estimate of drug-likeness (QED) is 0.268. The van der Waals surface area contributed by atoms with E-state index in [1.807, 2.05) is 0 Å². The number of rotatable bonds is 9. The molecule has 5 rings (SSSR count). The van der Waals surface area contributed by atoms with Gasteiger partial charge in [-0.2, -0.15) is 0 Å². The third-order valence-electron chi connectivity index (χ3n) is 9.11. The van der Waals surface area contributed by atoms with Gasteiger partial charge in [0.05, 0.1) is 18.4 Å². The van der Waals surface area contributed by atoms with Crippen LogP contribution in [0.2, 0.25) is 0 Å². The number of carbonyl (C=O) groups is 1. The summed E-state index contributed by atoms with van der Waals surface area (Å²) < 4.78 is 88.1. The van der Waals surface area contributed by atoms with Crippen LogP contribution in [0.4, 0.5) is 22.0 Å². The van der Waals surface area contributed by atoms with E-state index in [0.29, 0.717) is 26.1 Å². The van der Waals surface area contributed by atoms with Gasteiger partial charge in [-0.05, 0) is 37.8 Å². The summed E-state index contributed by atoms with van der Waals surface area (Å²) >= 11 is 0.843. The maximum atomic E-state index is 14.2. The molecule has 2 aliphatic heterocycles. The first-order chi connectivity index (χ1) is 21.8. The molecular formula is C29H37F5N4O7S. The van der Waals surface area contributed by atoms with Gasteiger partial charge in [0, 0.05) is 51.8 Å². The van der Waals surface area contributed by atoms with Gasteiger partial charge in [-0.1, -0.05) is 5.21 Å². The van der Waals surface area contributed by atoms with E-state index in [0.717, 1.165) is 28.6 Å². The normalized spacial score (nSPS) is 29.0. The second-order valence-electron chi connectivity index (χ2n) is 12.0. The SMILES string of the molecule is CO[C@@H]1[C@@H](n2cc(-c3cc(F)c(F)c(F)c3)nn2)[C@@H](O)[C@@H](CO)O[C@H]1SC(C(=O)N(C)C1CCOCC1)C1(O)CCC(F)(F)CC1. The van der Waals surface area contributed by atoms with Gasteiger partial charge in [-0.3, -0.25) is 4.79 Å². The first-order valence-corrected chi connectivity index (χ1v) is 15.9. The van der Waals surface area contributed by atoms with Crippen LogP contribution in [0.1, 0.15) is 44.6 Å². The summed E-state index contributed by atoms with van der Waals surface area (Å²) in [4.78, 5) is 15.6. The third kappa shape index (κ3) is 7.05. The molecule has 46 heavy (non-hydrogen) atoms. The fourth-order valence-corrected chi connectivity index (χ4v) is 7.95. The van der Waals surface area contributed by atoms with Crippen molar-refractivity contribution in [2.75, 3.05) is 34.0 Å². The summed E-state index contributed by atoms with van der Waals surface area (Å²) in [5, 5.41) is 39.7. The second kappa shape index (κ2) is 14.0. The summed E-state index contributed by atoms with van der Waals surface area (Å²) in [7, 11) is 2.88. The van der Waals surface area contributed by atoms with Crippen molar-refractivity contribution in [3.63, 3.8) is 0 Å². The lowest BCUT2D eigenvalue weighted by atomic mass is 9.80. The molecule has 0 bridgehead atoms. The molecule has 2 saturated heterocycles. The number of thioether (sulfide) groups is 1. The number of aliphatic hydroxyl groups excluding tert-OH is 2. The Balaban J connectivity index is 1.47. The van der Waals surface area contributed by atoms with Crippen LogP contribution in [-0.2, 0) is 19.0 Å². The number of benzene rings is 1. The summed E-state index contributed by atoms with van der Waals surface area (Å²) in [6.45, 7) is 0.185. The van der Waals surface area contributed by atoms with E-state index in [9.17, 15) is 42.1 Å². The van der Waals surface area contributed by atoms with Gasteiger partial charge in [-0.25, -0.2) is 26.6 Å². The molecule has 3 aliphatic rings. The molecule has 1 aliphatic carbocycles. The molecule has 6 atom stereocenters. The number of halogens is 5. The number of nitrogens with zero attached hydrogens (tertiary/aromatic N) is 4. The van der Waals surface area contributed by atoms with Crippen LogP contribution < -0.4 is 0 Å². The smallest absolute Gasteiger partial charge is 0.248 e. The molecular weight excluding hydrogens is 643 g/mol. The molecule has 17 heteroatoms. The molecule has 0 radical (unpaired) electrons. The Morgan fingerprint density at radius 2 is 1.80 bits per heavy atom. The Morgan fingerprint density at radius 1 is 1.17 bits per heavy atom. The zero-order chi connectivity index (χ0) is 33.4. The minimum atomic E-state index is -2.99. The zero-order valence-electron chi connectivity index (χ0n) is 25.2. The third-order valence-corrected chi connectivity index (χ3v) is 10.7. The van der Waals surface area contributed by atoms with E-state index >= 15 is 0 Å². The van der Waals surface area contributed by atoms with E-state index in [1.54, 1.807) is 7.05 Å². The summed E-state index contributed by atoms with van der Waals surface area (Å²) in [5.41, 5.74) is -3.21. The van der Waals surface area contributed by atoms with Crippen LogP contribution >= 0.6 is 11.8 Å². The van der Waals surface area contributed by atoms with Crippen molar-refractivity contribution in [1.29, 1.82) is 0 Å². The van der Waals surface area contributed by atoms with Crippen LogP contribution in [0.3, 0.4) is 0 Å². The lowest BCUT2D eigenvalue weighted by molar-refractivity contribution is -0.186. The second-order valence-corrected chi connectivity index (χ2v) is 13.2. The summed E-state index contributed by atoms with van der Waals surface area (Å²) in [5.74, 6) is -8.04. The number of ether oxygens (including phenoxy) is 3. The maximum absolute atomic E-state index is 14.2. The molecule has 256 valence electrons. The molecule has 3 N–H and O–H groups in total. The molecule has 0 spiro atoms. The highest BCUT2D eigenvalue weighted by Gasteiger charge is 2.54. The highest BCUT2D eigenvalue weighted by atomic mass is 32.2. The Bertz CT molecular complexity index is 1350. The van der Waals surface area contributed by atoms with Crippen molar-refractivity contribution >= 4 is 17.7 Å². The van der Waals surface area contributed by atoms with Crippen molar-refractivity contribution < 1.29 is 56.3 Å². The number of carbonyl (C=O) groups excluding carboxylic acids is 1. The first-order valence-electron chi connectivity index (χ1n) is 14.9. The standard InChI is InChI=1S/C29H37F5N4O7S/c1-37(16-3-9-44-10-4-16)26(41)25(28(42)5-7-29(33,34)8-6-28)46-27-24(43-2)22(23(40)20(14-39)45-27)38-13-19(35-36-38)15-11-17(30)21(32)18(31)12-15/h11-13,16,20,22-25,27,39-40,42H,3-10,14H2,1-2H3/t20-,22+,23+,24-,25?,27+/m1/s1. The number of aromatic nitrogens is 3. The summed E-state index contributed by atoms with van der Waals surface area (Å²) in [6.07, 6.45) is -3.48. The predicted molar refractivity (Wildman–Crippen MR) is 153 cm³/mol. The van der Waals surface area contributed by atoms with Crippen molar-refractivity contribution in [1.82, 2.24) is 19.9 Å². The number of hydrogen-bond donors (Lipinski definition) is 3. The average Bonchev–Trinajstić information content (AvgIpc) is 3.53. The Morgan fingerprint density at radius 3 is 2.39 bits per heavy atom. The Labute approximate surface area is 266 Å². The van der Waals surface area contributed by atoms with E-state index in [2.05, 4.69) is 10.3 Å². The van der Waals surface area contributed by atoms with Crippen molar-refractivity contribution in [3.8, 4) is 11.3 Å². The molecule has 1 saturated carbocycles. The first kappa shape index (κ1) is 34.9. The minimum Gasteiger partial charge on any atom is -0.394 e. The van der Waals surface area contributed by atoms with E-state index < -0.39 is 89.4 Å². The molecule has 1 unspecified atom stereocenters. The van der Waals surface area contributed by atoms with Gasteiger partial charge in [0.1, 0.15) is 40.7 Å². The lowest BCUT2D eigenvalue weighted by Gasteiger charge is -2.47. The van der Waals surface area contributed by atoms with Gasteiger partial charge in [-0.15, -0.1) is 16.9 Å². The van der Waals surface area contributed by atoms with Crippen LogP contribution in [-0.4, -0.2) is 122 Å². The van der Waals surface area contributed by atoms with Gasteiger partial charge < -0.3 is 34.4 Å². The number of amides is 1. The fourth-order valence-electron chi connectivity index (χ4n) is 6.28. The average molecular weight is 681 g/mol. The molecule has 2 aromatic rings. The van der Waals surface area contributed by atoms with Gasteiger partial charge in [0.15, 0.2) is 17.5 Å². The lowest BCUT2D eigenvalue weighted by Crippen LogP contribution is -2.59. The molecule has 3 heterocycles. The van der Waals surface area contributed by atoms with Crippen molar-refractivity contribution in [2.45, 2.75) is 91.1 Å². The van der Waals surface area contributed by atoms with Crippen LogP contribution in [0.5, 0.6) is 0 Å². The van der Waals surface area contributed by atoms with Crippen LogP contribution in [0.15, 0.2) is 18.3 Å². The molecule has 1 aromatic heterocycles. The highest BCUT2D eigenvalue weighted by Crippen LogP contribution is 2.47. The number of hydrogen-bond acceptors (Lipinski definition) is 10. The predicted octanol–water partition coefficient (Wildman–Crippen LogP) is 2.68. The monoisotopic (exact) mass is 680 g/mol. The topological polar surface area (TPSA) is 139 Å². The van der Waals surface area contributed by atoms with Gasteiger partial charge in [0.25, 0.3) is 0 Å². The minimum absolute atomic E-state index is 0.0697. The van der Waals surface area contributed by atoms with Gasteiger partial charge in [0.2, 0.25) is 11.8 Å². The number of alkyl halides is 2. The maximum Gasteiger partial charge on any atom is 0.248 e. The number of methoxy groups -OCH3 is 1. The molecule has 1 amide bonds. The van der Waals surface area contributed by atoms with Crippen LogP contribution in [0.25, 0.3) is 11.3 Å². The zero-order valence-corrected chi connectivity index (χ0v) is 26.0. The number of aliphatic hydroxyl groups is 3. The molecule has 1 aromatic carbocycles. The Hall–Kier alpha value is -2.41. The fraction of sp³-hybridized carbons (Fsp3) is 0.690. The van der Waals surface area contributed by atoms with Gasteiger partial charge >= 0.3 is 0 Å². The highest BCUT2D eigenvalue weighted by molar-refractivity contribution is 8.01. The van der Waals surface area contributed by atoms with E-state index in [4.69, 9.17) is 14.2 Å². The summed E-state index contributed by atoms with van der Waals surface area (Å²) in [6, 6.07) is 0.0999. The molecule has 3 fully saturated rings. The van der Waals surface area contributed by atoms with Crippen LogP contribution in [0, 0.1) is 17.5 Å². The van der Waals surface area contributed by atoms with Crippen molar-refractivity contribution in [3.05, 3.63) is 35.8 Å². The Kier molecular flexibility index (Phi) is 10.6. The van der Waals surface area contributed by atoms with E-state index in [-0.39, 0.29) is 30.1 Å². The largest absolute Gasteiger partial charge is 0.394 e. The molecule has 11 nitrogen and oxygen atoms in total.